The van der Waals surface area contributed by atoms with Gasteiger partial charge >= 0.3 is 0 Å². The summed E-state index contributed by atoms with van der Waals surface area (Å²) in [7, 11) is 0. The average molecular weight is 351 g/mol. The fourth-order valence-electron chi connectivity index (χ4n) is 2.25. The van der Waals surface area contributed by atoms with E-state index in [1.807, 2.05) is 12.1 Å². The number of benzene rings is 1. The van der Waals surface area contributed by atoms with Crippen molar-refractivity contribution in [2.24, 2.45) is 0 Å². The molecule has 0 fully saturated rings. The summed E-state index contributed by atoms with van der Waals surface area (Å²) in [6, 6.07) is 8.05. The van der Waals surface area contributed by atoms with Crippen molar-refractivity contribution in [2.75, 3.05) is 6.61 Å². The van der Waals surface area contributed by atoms with E-state index in [4.69, 9.17) is 4.74 Å². The van der Waals surface area contributed by atoms with E-state index in [0.29, 0.717) is 23.1 Å². The quantitative estimate of drug-likeness (QED) is 0.424. The number of unbranched alkanes of at least 4 members (excludes halogenated alkanes) is 2. The maximum atomic E-state index is 14.2. The lowest BCUT2D eigenvalue weighted by molar-refractivity contribution is 0.276. The highest BCUT2D eigenvalue weighted by Crippen LogP contribution is 2.30. The summed E-state index contributed by atoms with van der Waals surface area (Å²) in [5.41, 5.74) is 0.966. The molecule has 0 aliphatic rings. The molecule has 0 saturated heterocycles. The van der Waals surface area contributed by atoms with Crippen molar-refractivity contribution in [3.05, 3.63) is 42.0 Å². The Kier molecular flexibility index (Phi) is 7.03. The normalized spacial score (nSPS) is 11.1. The Morgan fingerprint density at radius 3 is 2.46 bits per heavy atom. The number of aromatic nitrogens is 1. The van der Waals surface area contributed by atoms with E-state index < -0.39 is 11.6 Å². The van der Waals surface area contributed by atoms with Crippen LogP contribution < -0.4 is 4.74 Å². The lowest BCUT2D eigenvalue weighted by atomic mass is 10.1. The molecule has 0 amide bonds. The smallest absolute Gasteiger partial charge is 0.190 e. The molecule has 5 heteroatoms. The van der Waals surface area contributed by atoms with Crippen LogP contribution in [0.5, 0.6) is 5.75 Å². The summed E-state index contributed by atoms with van der Waals surface area (Å²) in [5.74, 6) is -1.68. The lowest BCUT2D eigenvalue weighted by Gasteiger charge is -2.11. The third kappa shape index (κ3) is 5.20. The molecule has 0 spiro atoms. The summed E-state index contributed by atoms with van der Waals surface area (Å²) < 4.78 is 33.7. The first-order chi connectivity index (χ1) is 11.5. The van der Waals surface area contributed by atoms with Gasteiger partial charge in [0.15, 0.2) is 17.4 Å². The van der Waals surface area contributed by atoms with Crippen LogP contribution in [-0.2, 0) is 0 Å². The third-order valence-electron chi connectivity index (χ3n) is 3.37. The van der Waals surface area contributed by atoms with Gasteiger partial charge in [0, 0.05) is 10.8 Å². The summed E-state index contributed by atoms with van der Waals surface area (Å²) in [4.78, 5) is 4.47. The van der Waals surface area contributed by atoms with Crippen LogP contribution in [0, 0.1) is 11.6 Å². The molecule has 0 atom stereocenters. The number of rotatable bonds is 8. The van der Waals surface area contributed by atoms with Crippen LogP contribution in [0.4, 0.5) is 8.78 Å². The molecule has 1 heterocycles. The van der Waals surface area contributed by atoms with Gasteiger partial charge in [-0.1, -0.05) is 39.7 Å². The van der Waals surface area contributed by atoms with Gasteiger partial charge < -0.3 is 4.74 Å². The van der Waals surface area contributed by atoms with Crippen molar-refractivity contribution in [3.63, 3.8) is 0 Å². The van der Waals surface area contributed by atoms with Gasteiger partial charge in [-0.2, -0.15) is 0 Å². The molecule has 0 unspecified atom stereocenters. The molecular weight excluding hydrogens is 328 g/mol. The molecule has 2 rings (SSSR count). The van der Waals surface area contributed by atoms with E-state index in [-0.39, 0.29) is 5.75 Å². The van der Waals surface area contributed by atoms with Crippen molar-refractivity contribution in [1.82, 2.24) is 4.98 Å². The van der Waals surface area contributed by atoms with Gasteiger partial charge in [-0.15, -0.1) is 11.8 Å². The van der Waals surface area contributed by atoms with Crippen LogP contribution >= 0.6 is 11.8 Å². The Hall–Kier alpha value is -1.62. The zero-order valence-electron chi connectivity index (χ0n) is 14.3. The number of pyridine rings is 1. The molecule has 0 N–H and O–H groups in total. The second kappa shape index (κ2) is 9.02. The zero-order valence-corrected chi connectivity index (χ0v) is 15.1. The van der Waals surface area contributed by atoms with Gasteiger partial charge in [0.25, 0.3) is 0 Å². The van der Waals surface area contributed by atoms with Crippen molar-refractivity contribution >= 4 is 11.8 Å². The van der Waals surface area contributed by atoms with Gasteiger partial charge in [-0.25, -0.2) is 13.8 Å². The van der Waals surface area contributed by atoms with Crippen LogP contribution in [0.2, 0.25) is 0 Å². The Bertz CT molecular complexity index is 653. The van der Waals surface area contributed by atoms with Crippen LogP contribution in [0.25, 0.3) is 11.3 Å². The van der Waals surface area contributed by atoms with E-state index in [2.05, 4.69) is 25.8 Å². The molecule has 2 nitrogen and oxygen atoms in total. The Morgan fingerprint density at radius 1 is 1.12 bits per heavy atom. The number of hydrogen-bond acceptors (Lipinski definition) is 3. The molecular formula is C19H23F2NOS. The minimum Gasteiger partial charge on any atom is -0.488 e. The first-order valence-corrected chi connectivity index (χ1v) is 9.15. The fourth-order valence-corrected chi connectivity index (χ4v) is 3.05. The monoisotopic (exact) mass is 351 g/mol. The number of ether oxygens (including phenoxy) is 1. The summed E-state index contributed by atoms with van der Waals surface area (Å²) >= 11 is 1.61. The van der Waals surface area contributed by atoms with Gasteiger partial charge in [0.05, 0.1) is 17.3 Å². The lowest BCUT2D eigenvalue weighted by Crippen LogP contribution is -2.02. The number of hydrogen-bond donors (Lipinski definition) is 0. The van der Waals surface area contributed by atoms with Crippen molar-refractivity contribution in [1.29, 1.82) is 0 Å². The predicted molar refractivity (Wildman–Crippen MR) is 95.6 cm³/mol. The first-order valence-electron chi connectivity index (χ1n) is 8.27. The summed E-state index contributed by atoms with van der Waals surface area (Å²) in [6.07, 6.45) is 2.79. The highest BCUT2D eigenvalue weighted by atomic mass is 32.2. The molecule has 1 aromatic heterocycles. The maximum Gasteiger partial charge on any atom is 0.190 e. The highest BCUT2D eigenvalue weighted by Gasteiger charge is 2.14. The second-order valence-corrected chi connectivity index (χ2v) is 7.45. The molecule has 24 heavy (non-hydrogen) atoms. The SMILES string of the molecule is CCCCCOc1c(F)cc(-c2cccc(SC(C)C)n2)cc1F. The third-order valence-corrected chi connectivity index (χ3v) is 4.31. The van der Waals surface area contributed by atoms with Crippen molar-refractivity contribution in [3.8, 4) is 17.0 Å². The van der Waals surface area contributed by atoms with Gasteiger partial charge in [0.2, 0.25) is 0 Å². The fraction of sp³-hybridized carbons (Fsp3) is 0.421. The topological polar surface area (TPSA) is 22.1 Å². The standard InChI is InChI=1S/C19H23F2NOS/c1-4-5-6-10-23-19-15(20)11-14(12-16(19)21)17-8-7-9-18(22-17)24-13(2)3/h7-9,11-13H,4-6,10H2,1-3H3. The Balaban J connectivity index is 2.20. The molecule has 130 valence electrons. The molecule has 0 bridgehead atoms. The van der Waals surface area contributed by atoms with Crippen LogP contribution in [-0.4, -0.2) is 16.8 Å². The van der Waals surface area contributed by atoms with E-state index in [1.54, 1.807) is 17.8 Å². The molecule has 1 aromatic carbocycles. The number of thioether (sulfide) groups is 1. The van der Waals surface area contributed by atoms with Crippen molar-refractivity contribution < 1.29 is 13.5 Å². The molecule has 0 aliphatic heterocycles. The van der Waals surface area contributed by atoms with Crippen molar-refractivity contribution in [2.45, 2.75) is 50.3 Å². The molecule has 0 saturated carbocycles. The Morgan fingerprint density at radius 2 is 1.83 bits per heavy atom. The van der Waals surface area contributed by atoms with E-state index in [1.165, 1.54) is 12.1 Å². The van der Waals surface area contributed by atoms with Gasteiger partial charge in [-0.05, 0) is 30.7 Å². The number of halogens is 2. The largest absolute Gasteiger partial charge is 0.488 e. The minimum atomic E-state index is -0.690. The second-order valence-electron chi connectivity index (χ2n) is 5.85. The van der Waals surface area contributed by atoms with Crippen LogP contribution in [0.3, 0.4) is 0 Å². The summed E-state index contributed by atoms with van der Waals surface area (Å²) in [6.45, 7) is 6.53. The van der Waals surface area contributed by atoms with Crippen LogP contribution in [0.1, 0.15) is 40.0 Å². The summed E-state index contributed by atoms with van der Waals surface area (Å²) in [5, 5.41) is 1.23. The minimum absolute atomic E-state index is 0.303. The first kappa shape index (κ1) is 18.7. The van der Waals surface area contributed by atoms with Gasteiger partial charge in [0.1, 0.15) is 0 Å². The highest BCUT2D eigenvalue weighted by molar-refractivity contribution is 7.99. The van der Waals surface area contributed by atoms with E-state index in [0.717, 1.165) is 24.3 Å². The Labute approximate surface area is 146 Å². The molecule has 0 radical (unpaired) electrons. The molecule has 0 aliphatic carbocycles. The average Bonchev–Trinajstić information content (AvgIpc) is 2.53. The van der Waals surface area contributed by atoms with E-state index in [9.17, 15) is 8.78 Å². The number of nitrogens with zero attached hydrogens (tertiary/aromatic N) is 1. The zero-order chi connectivity index (χ0) is 17.5. The van der Waals surface area contributed by atoms with Crippen LogP contribution in [0.15, 0.2) is 35.4 Å². The van der Waals surface area contributed by atoms with Gasteiger partial charge in [-0.3, -0.25) is 0 Å². The maximum absolute atomic E-state index is 14.2. The van der Waals surface area contributed by atoms with E-state index >= 15 is 0 Å². The molecule has 2 aromatic rings. The predicted octanol–water partition coefficient (Wildman–Crippen LogP) is 6.10.